The second kappa shape index (κ2) is 10.6. The second-order valence-electron chi connectivity index (χ2n) is 8.73. The number of nitrogens with one attached hydrogen (secondary N) is 1. The number of hydrogen-bond donors (Lipinski definition) is 1. The fourth-order valence-corrected chi connectivity index (χ4v) is 5.96. The maximum absolute atomic E-state index is 13.2. The minimum Gasteiger partial charge on any atom is -0.494 e. The highest BCUT2D eigenvalue weighted by molar-refractivity contribution is 7.89. The molecule has 1 N–H and O–H groups in total. The van der Waals surface area contributed by atoms with E-state index in [1.165, 1.54) is 0 Å². The lowest BCUT2D eigenvalue weighted by atomic mass is 10.2. The molecular formula is C26H33N3O4S. The van der Waals surface area contributed by atoms with Gasteiger partial charge in [0.15, 0.2) is 0 Å². The third-order valence-electron chi connectivity index (χ3n) is 6.39. The van der Waals surface area contributed by atoms with Crippen molar-refractivity contribution in [2.75, 3.05) is 19.7 Å². The van der Waals surface area contributed by atoms with Gasteiger partial charge in [-0.1, -0.05) is 25.0 Å². The average molecular weight is 484 g/mol. The molecule has 1 atom stereocenters. The van der Waals surface area contributed by atoms with Crippen molar-refractivity contribution in [1.82, 2.24) is 14.2 Å². The van der Waals surface area contributed by atoms with Crippen molar-refractivity contribution >= 4 is 26.8 Å². The monoisotopic (exact) mass is 483 g/mol. The molecule has 182 valence electrons. The minimum absolute atomic E-state index is 0.104. The normalized spacial score (nSPS) is 16.2. The second-order valence-corrected chi connectivity index (χ2v) is 10.7. The first-order valence-electron chi connectivity index (χ1n) is 12.0. The summed E-state index contributed by atoms with van der Waals surface area (Å²) < 4.78 is 35.3. The lowest BCUT2D eigenvalue weighted by molar-refractivity contribution is -0.123. The van der Waals surface area contributed by atoms with Crippen LogP contribution in [-0.2, 0) is 21.4 Å². The van der Waals surface area contributed by atoms with Gasteiger partial charge in [0.1, 0.15) is 11.8 Å². The zero-order chi connectivity index (χ0) is 24.1. The number of amides is 1. The van der Waals surface area contributed by atoms with Gasteiger partial charge in [-0.2, -0.15) is 4.31 Å². The Kier molecular flexibility index (Phi) is 7.58. The molecule has 34 heavy (non-hydrogen) atoms. The molecule has 2 aromatic carbocycles. The Balaban J connectivity index is 1.46. The first-order chi connectivity index (χ1) is 16.4. The maximum Gasteiger partial charge on any atom is 0.243 e. The number of benzene rings is 2. The first-order valence-corrected chi connectivity index (χ1v) is 13.4. The van der Waals surface area contributed by atoms with Crippen LogP contribution in [0.15, 0.2) is 59.6 Å². The van der Waals surface area contributed by atoms with Crippen LogP contribution in [0.2, 0.25) is 0 Å². The fraction of sp³-hybridized carbons (Fsp3) is 0.423. The number of sulfonamides is 1. The Morgan fingerprint density at radius 3 is 2.41 bits per heavy atom. The lowest BCUT2D eigenvalue weighted by Gasteiger charge is -2.20. The molecule has 1 fully saturated rings. The molecular weight excluding hydrogens is 450 g/mol. The van der Waals surface area contributed by atoms with Gasteiger partial charge in [-0.05, 0) is 68.7 Å². The number of hydrogen-bond acceptors (Lipinski definition) is 4. The van der Waals surface area contributed by atoms with Crippen LogP contribution in [0.3, 0.4) is 0 Å². The molecule has 2 heterocycles. The van der Waals surface area contributed by atoms with Crippen LogP contribution in [0.1, 0.15) is 51.1 Å². The molecule has 3 aromatic rings. The molecule has 1 amide bonds. The number of aromatic nitrogens is 1. The predicted molar refractivity (Wildman–Crippen MR) is 133 cm³/mol. The third-order valence-corrected chi connectivity index (χ3v) is 8.29. The molecule has 1 aliphatic rings. The van der Waals surface area contributed by atoms with Crippen molar-refractivity contribution in [3.63, 3.8) is 0 Å². The van der Waals surface area contributed by atoms with E-state index in [-0.39, 0.29) is 5.91 Å². The number of ether oxygens (including phenoxy) is 1. The number of carbonyl (C=O) groups excluding carboxylic acids is 1. The largest absolute Gasteiger partial charge is 0.494 e. The van der Waals surface area contributed by atoms with Gasteiger partial charge in [0.25, 0.3) is 0 Å². The van der Waals surface area contributed by atoms with Crippen LogP contribution in [0.25, 0.3) is 10.9 Å². The van der Waals surface area contributed by atoms with E-state index >= 15 is 0 Å². The fourth-order valence-electron chi connectivity index (χ4n) is 4.40. The highest BCUT2D eigenvalue weighted by Crippen LogP contribution is 2.26. The summed E-state index contributed by atoms with van der Waals surface area (Å²) in [5.74, 6) is 0.703. The van der Waals surface area contributed by atoms with Gasteiger partial charge in [0.2, 0.25) is 15.9 Å². The summed E-state index contributed by atoms with van der Waals surface area (Å²) in [5, 5.41) is 3.79. The van der Waals surface area contributed by atoms with Crippen LogP contribution < -0.4 is 10.1 Å². The molecule has 7 nitrogen and oxygen atoms in total. The SMILES string of the molecule is CCOc1ccc(CNC(=O)[C@H](C)n2ccc3cc(S(=O)(=O)N4CCCCCC4)ccc32)cc1. The summed E-state index contributed by atoms with van der Waals surface area (Å²) in [7, 11) is -3.51. The molecule has 0 saturated carbocycles. The molecule has 4 rings (SSSR count). The van der Waals surface area contributed by atoms with E-state index in [4.69, 9.17) is 4.74 Å². The summed E-state index contributed by atoms with van der Waals surface area (Å²) >= 11 is 0. The maximum atomic E-state index is 13.2. The summed E-state index contributed by atoms with van der Waals surface area (Å²) in [6, 6.07) is 14.3. The molecule has 1 saturated heterocycles. The van der Waals surface area contributed by atoms with Gasteiger partial charge in [-0.3, -0.25) is 4.79 Å². The Morgan fingerprint density at radius 2 is 1.74 bits per heavy atom. The molecule has 0 radical (unpaired) electrons. The Hall–Kier alpha value is -2.84. The Labute approximate surface area is 201 Å². The van der Waals surface area contributed by atoms with Crippen LogP contribution in [-0.4, -0.2) is 42.9 Å². The summed E-state index contributed by atoms with van der Waals surface area (Å²) in [6.07, 6.45) is 5.80. The summed E-state index contributed by atoms with van der Waals surface area (Å²) in [5.41, 5.74) is 1.82. The highest BCUT2D eigenvalue weighted by Gasteiger charge is 2.26. The number of fused-ring (bicyclic) bond motifs is 1. The van der Waals surface area contributed by atoms with Crippen LogP contribution in [0.5, 0.6) is 5.75 Å². The van der Waals surface area contributed by atoms with Crippen LogP contribution in [0, 0.1) is 0 Å². The number of nitrogens with zero attached hydrogens (tertiary/aromatic N) is 2. The van der Waals surface area contributed by atoms with Gasteiger partial charge >= 0.3 is 0 Å². The van der Waals surface area contributed by atoms with Crippen molar-refractivity contribution in [3.8, 4) is 5.75 Å². The van der Waals surface area contributed by atoms with E-state index in [1.807, 2.05) is 54.9 Å². The highest BCUT2D eigenvalue weighted by atomic mass is 32.2. The summed E-state index contributed by atoms with van der Waals surface area (Å²) in [6.45, 7) is 5.97. The van der Waals surface area contributed by atoms with Gasteiger partial charge in [0.05, 0.1) is 11.5 Å². The van der Waals surface area contributed by atoms with E-state index in [9.17, 15) is 13.2 Å². The molecule has 0 unspecified atom stereocenters. The van der Waals surface area contributed by atoms with E-state index in [1.54, 1.807) is 22.5 Å². The zero-order valence-electron chi connectivity index (χ0n) is 19.9. The molecule has 0 bridgehead atoms. The van der Waals surface area contributed by atoms with Crippen molar-refractivity contribution < 1.29 is 17.9 Å². The quantitative estimate of drug-likeness (QED) is 0.512. The van der Waals surface area contributed by atoms with E-state index < -0.39 is 16.1 Å². The van der Waals surface area contributed by atoms with Gasteiger partial charge < -0.3 is 14.6 Å². The Morgan fingerprint density at radius 1 is 1.03 bits per heavy atom. The smallest absolute Gasteiger partial charge is 0.243 e. The first kappa shape index (κ1) is 24.3. The third kappa shape index (κ3) is 5.28. The zero-order valence-corrected chi connectivity index (χ0v) is 20.7. The van der Waals surface area contributed by atoms with E-state index in [0.717, 1.165) is 47.9 Å². The Bertz CT molecular complexity index is 1230. The topological polar surface area (TPSA) is 80.6 Å². The predicted octanol–water partition coefficient (Wildman–Crippen LogP) is 4.48. The number of carbonyl (C=O) groups is 1. The van der Waals surface area contributed by atoms with Crippen molar-refractivity contribution in [2.24, 2.45) is 0 Å². The molecule has 8 heteroatoms. The van der Waals surface area contributed by atoms with E-state index in [0.29, 0.717) is 31.1 Å². The van der Waals surface area contributed by atoms with E-state index in [2.05, 4.69) is 5.32 Å². The van der Waals surface area contributed by atoms with Crippen molar-refractivity contribution in [1.29, 1.82) is 0 Å². The number of rotatable bonds is 8. The van der Waals surface area contributed by atoms with Crippen molar-refractivity contribution in [3.05, 3.63) is 60.3 Å². The molecule has 1 aromatic heterocycles. The minimum atomic E-state index is -3.51. The molecule has 1 aliphatic heterocycles. The summed E-state index contributed by atoms with van der Waals surface area (Å²) in [4.78, 5) is 13.1. The van der Waals surface area contributed by atoms with Gasteiger partial charge in [-0.25, -0.2) is 8.42 Å². The molecule has 0 aliphatic carbocycles. The standard InChI is InChI=1S/C26H33N3O4S/c1-3-33-23-10-8-21(9-11-23)19-27-26(30)20(2)29-17-14-22-18-24(12-13-25(22)29)34(31,32)28-15-6-4-5-7-16-28/h8-14,17-18,20H,3-7,15-16,19H2,1-2H3,(H,27,30)/t20-/m0/s1. The van der Waals surface area contributed by atoms with Gasteiger partial charge in [-0.15, -0.1) is 0 Å². The average Bonchev–Trinajstić information content (AvgIpc) is 3.06. The van der Waals surface area contributed by atoms with Crippen LogP contribution >= 0.6 is 0 Å². The molecule has 0 spiro atoms. The van der Waals surface area contributed by atoms with Crippen LogP contribution in [0.4, 0.5) is 0 Å². The van der Waals surface area contributed by atoms with Gasteiger partial charge in [0, 0.05) is 36.7 Å². The lowest BCUT2D eigenvalue weighted by Crippen LogP contribution is -2.32. The van der Waals surface area contributed by atoms with Crippen molar-refractivity contribution in [2.45, 2.75) is 57.0 Å².